The van der Waals surface area contributed by atoms with Gasteiger partial charge in [-0.05, 0) is 38.3 Å². The van der Waals surface area contributed by atoms with Gasteiger partial charge in [0, 0.05) is 0 Å². The summed E-state index contributed by atoms with van der Waals surface area (Å²) in [6.45, 7) is 1.57. The van der Waals surface area contributed by atoms with E-state index < -0.39 is 29.8 Å². The Bertz CT molecular complexity index is 548. The standard InChI is InChI=1S/C16H20F3NO3/c1-10(20-15(22)11-5-4-7-13(11)21)9-23-14-8-3-2-6-12(14)16(17,18)19/h2-3,6,8,10-11,13,21H,4-5,7,9H2,1H3,(H,20,22). The molecule has 0 saturated heterocycles. The van der Waals surface area contributed by atoms with E-state index in [1.54, 1.807) is 6.92 Å². The van der Waals surface area contributed by atoms with Crippen molar-refractivity contribution in [3.05, 3.63) is 29.8 Å². The topological polar surface area (TPSA) is 58.6 Å². The Morgan fingerprint density at radius 2 is 2.09 bits per heavy atom. The lowest BCUT2D eigenvalue weighted by molar-refractivity contribution is -0.139. The number of ether oxygens (including phenoxy) is 1. The van der Waals surface area contributed by atoms with E-state index in [2.05, 4.69) is 5.32 Å². The van der Waals surface area contributed by atoms with Crippen molar-refractivity contribution >= 4 is 5.91 Å². The molecule has 1 aromatic rings. The van der Waals surface area contributed by atoms with E-state index in [9.17, 15) is 23.1 Å². The van der Waals surface area contributed by atoms with Gasteiger partial charge in [-0.3, -0.25) is 4.79 Å². The van der Waals surface area contributed by atoms with E-state index >= 15 is 0 Å². The van der Waals surface area contributed by atoms with Crippen LogP contribution in [0.1, 0.15) is 31.7 Å². The number of alkyl halides is 3. The van der Waals surface area contributed by atoms with E-state index in [1.807, 2.05) is 0 Å². The number of hydrogen-bond acceptors (Lipinski definition) is 3. The molecular weight excluding hydrogens is 311 g/mol. The normalized spacial score (nSPS) is 22.7. The molecule has 1 amide bonds. The number of aliphatic hydroxyl groups excluding tert-OH is 1. The number of carbonyl (C=O) groups is 1. The zero-order valence-corrected chi connectivity index (χ0v) is 12.8. The highest BCUT2D eigenvalue weighted by molar-refractivity contribution is 5.79. The molecule has 7 heteroatoms. The second kappa shape index (κ2) is 7.21. The molecule has 0 aromatic heterocycles. The molecule has 1 aliphatic carbocycles. The molecule has 3 atom stereocenters. The Morgan fingerprint density at radius 3 is 2.70 bits per heavy atom. The van der Waals surface area contributed by atoms with Gasteiger partial charge < -0.3 is 15.2 Å². The average Bonchev–Trinajstić information content (AvgIpc) is 2.90. The number of carbonyl (C=O) groups excluding carboxylic acids is 1. The molecule has 23 heavy (non-hydrogen) atoms. The summed E-state index contributed by atoms with van der Waals surface area (Å²) in [6, 6.07) is 4.49. The van der Waals surface area contributed by atoms with E-state index in [0.29, 0.717) is 12.8 Å². The van der Waals surface area contributed by atoms with Crippen molar-refractivity contribution in [1.82, 2.24) is 5.32 Å². The summed E-state index contributed by atoms with van der Waals surface area (Å²) in [5.74, 6) is -0.989. The second-order valence-corrected chi connectivity index (χ2v) is 5.82. The summed E-state index contributed by atoms with van der Waals surface area (Å²) < 4.78 is 43.8. The molecule has 1 aromatic carbocycles. The zero-order chi connectivity index (χ0) is 17.0. The van der Waals surface area contributed by atoms with Gasteiger partial charge in [-0.1, -0.05) is 12.1 Å². The summed E-state index contributed by atoms with van der Waals surface area (Å²) in [4.78, 5) is 12.0. The molecule has 0 bridgehead atoms. The number of benzene rings is 1. The van der Waals surface area contributed by atoms with Gasteiger partial charge in [0.2, 0.25) is 5.91 Å². The fraction of sp³-hybridized carbons (Fsp3) is 0.562. The summed E-state index contributed by atoms with van der Waals surface area (Å²) in [5.41, 5.74) is -0.843. The van der Waals surface area contributed by atoms with Crippen LogP contribution in [0.4, 0.5) is 13.2 Å². The number of amides is 1. The van der Waals surface area contributed by atoms with Gasteiger partial charge in [0.15, 0.2) is 0 Å². The van der Waals surface area contributed by atoms with Crippen LogP contribution < -0.4 is 10.1 Å². The molecule has 1 fully saturated rings. The minimum absolute atomic E-state index is 0.0817. The fourth-order valence-electron chi connectivity index (χ4n) is 2.68. The van der Waals surface area contributed by atoms with Crippen LogP contribution in [-0.4, -0.2) is 29.8 Å². The SMILES string of the molecule is CC(COc1ccccc1C(F)(F)F)NC(=O)C1CCCC1O. The molecule has 4 nitrogen and oxygen atoms in total. The van der Waals surface area contributed by atoms with Crippen LogP contribution in [0.25, 0.3) is 0 Å². The average molecular weight is 331 g/mol. The smallest absolute Gasteiger partial charge is 0.419 e. The number of para-hydroxylation sites is 1. The highest BCUT2D eigenvalue weighted by Crippen LogP contribution is 2.35. The van der Waals surface area contributed by atoms with Crippen LogP contribution in [0.5, 0.6) is 5.75 Å². The number of aliphatic hydroxyl groups is 1. The number of rotatable bonds is 5. The Labute approximate surface area is 132 Å². The summed E-state index contributed by atoms with van der Waals surface area (Å²) in [5, 5.41) is 12.4. The summed E-state index contributed by atoms with van der Waals surface area (Å²) >= 11 is 0. The predicted molar refractivity (Wildman–Crippen MR) is 77.9 cm³/mol. The molecule has 3 unspecified atom stereocenters. The van der Waals surface area contributed by atoms with Gasteiger partial charge in [0.25, 0.3) is 0 Å². The molecule has 128 valence electrons. The number of nitrogens with one attached hydrogen (secondary N) is 1. The van der Waals surface area contributed by atoms with Crippen molar-refractivity contribution in [2.45, 2.75) is 44.5 Å². The lowest BCUT2D eigenvalue weighted by Crippen LogP contribution is -2.42. The minimum atomic E-state index is -4.49. The first kappa shape index (κ1) is 17.6. The van der Waals surface area contributed by atoms with Gasteiger partial charge >= 0.3 is 6.18 Å². The molecule has 0 aliphatic heterocycles. The molecular formula is C16H20F3NO3. The van der Waals surface area contributed by atoms with E-state index in [-0.39, 0.29) is 18.3 Å². The Hall–Kier alpha value is -1.76. The third-order valence-corrected chi connectivity index (χ3v) is 3.89. The van der Waals surface area contributed by atoms with Crippen LogP contribution in [0.3, 0.4) is 0 Å². The van der Waals surface area contributed by atoms with Gasteiger partial charge in [-0.25, -0.2) is 0 Å². The highest BCUT2D eigenvalue weighted by atomic mass is 19.4. The van der Waals surface area contributed by atoms with Crippen molar-refractivity contribution in [2.24, 2.45) is 5.92 Å². The molecule has 2 rings (SSSR count). The van der Waals surface area contributed by atoms with E-state index in [4.69, 9.17) is 4.74 Å². The molecule has 1 saturated carbocycles. The third kappa shape index (κ3) is 4.60. The summed E-state index contributed by atoms with van der Waals surface area (Å²) in [6.07, 6.45) is -3.12. The first-order chi connectivity index (χ1) is 10.8. The van der Waals surface area contributed by atoms with Crippen molar-refractivity contribution in [1.29, 1.82) is 0 Å². The quantitative estimate of drug-likeness (QED) is 0.872. The van der Waals surface area contributed by atoms with Crippen molar-refractivity contribution in [3.63, 3.8) is 0 Å². The maximum Gasteiger partial charge on any atom is 0.419 e. The zero-order valence-electron chi connectivity index (χ0n) is 12.8. The third-order valence-electron chi connectivity index (χ3n) is 3.89. The summed E-state index contributed by atoms with van der Waals surface area (Å²) in [7, 11) is 0. The predicted octanol–water partition coefficient (Wildman–Crippen LogP) is 2.75. The van der Waals surface area contributed by atoms with Crippen molar-refractivity contribution < 1.29 is 27.8 Å². The Morgan fingerprint density at radius 1 is 1.39 bits per heavy atom. The number of halogens is 3. The largest absolute Gasteiger partial charge is 0.491 e. The lowest BCUT2D eigenvalue weighted by Gasteiger charge is -2.20. The maximum atomic E-state index is 12.9. The van der Waals surface area contributed by atoms with Crippen LogP contribution in [-0.2, 0) is 11.0 Å². The highest BCUT2D eigenvalue weighted by Gasteiger charge is 2.34. The van der Waals surface area contributed by atoms with E-state index in [0.717, 1.165) is 12.5 Å². The van der Waals surface area contributed by atoms with Crippen molar-refractivity contribution in [3.8, 4) is 5.75 Å². The lowest BCUT2D eigenvalue weighted by atomic mass is 10.1. The molecule has 0 heterocycles. The first-order valence-electron chi connectivity index (χ1n) is 7.56. The first-order valence-corrected chi connectivity index (χ1v) is 7.56. The fourth-order valence-corrected chi connectivity index (χ4v) is 2.68. The van der Waals surface area contributed by atoms with Gasteiger partial charge in [-0.15, -0.1) is 0 Å². The molecule has 0 radical (unpaired) electrons. The minimum Gasteiger partial charge on any atom is -0.491 e. The Balaban J connectivity index is 1.90. The molecule has 2 N–H and O–H groups in total. The van der Waals surface area contributed by atoms with Crippen LogP contribution >= 0.6 is 0 Å². The Kier molecular flexibility index (Phi) is 5.51. The molecule has 0 spiro atoms. The van der Waals surface area contributed by atoms with Crippen LogP contribution in [0, 0.1) is 5.92 Å². The van der Waals surface area contributed by atoms with Crippen molar-refractivity contribution in [2.75, 3.05) is 6.61 Å². The van der Waals surface area contributed by atoms with Gasteiger partial charge in [-0.2, -0.15) is 13.2 Å². The maximum absolute atomic E-state index is 12.9. The van der Waals surface area contributed by atoms with Crippen LogP contribution in [0.15, 0.2) is 24.3 Å². The monoisotopic (exact) mass is 331 g/mol. The van der Waals surface area contributed by atoms with Crippen LogP contribution in [0.2, 0.25) is 0 Å². The van der Waals surface area contributed by atoms with Gasteiger partial charge in [0.1, 0.15) is 12.4 Å². The van der Waals surface area contributed by atoms with Gasteiger partial charge in [0.05, 0.1) is 23.6 Å². The number of hydrogen-bond donors (Lipinski definition) is 2. The van der Waals surface area contributed by atoms with E-state index in [1.165, 1.54) is 18.2 Å². The molecule has 1 aliphatic rings. The second-order valence-electron chi connectivity index (χ2n) is 5.82.